The predicted octanol–water partition coefficient (Wildman–Crippen LogP) is 6.66. The third-order valence-electron chi connectivity index (χ3n) is 6.68. The zero-order valence-corrected chi connectivity index (χ0v) is 20.6. The quantitative estimate of drug-likeness (QED) is 0.212. The number of hydrogen-bond acceptors (Lipinski definition) is 2. The van der Waals surface area contributed by atoms with Gasteiger partial charge in [-0.25, -0.2) is 0 Å². The Kier molecular flexibility index (Phi) is 13.0. The molecule has 32 heavy (non-hydrogen) atoms. The first-order chi connectivity index (χ1) is 15.7. The largest absolute Gasteiger partial charge is 0.320 e. The van der Waals surface area contributed by atoms with Crippen molar-refractivity contribution in [1.82, 2.24) is 10.6 Å². The van der Waals surface area contributed by atoms with Crippen LogP contribution in [0, 0.1) is 17.8 Å². The van der Waals surface area contributed by atoms with Crippen molar-refractivity contribution in [3.05, 3.63) is 84.5 Å². The van der Waals surface area contributed by atoms with E-state index >= 15 is 0 Å². The highest BCUT2D eigenvalue weighted by Crippen LogP contribution is 2.27. The van der Waals surface area contributed by atoms with Crippen molar-refractivity contribution in [2.45, 2.75) is 57.8 Å². The zero-order chi connectivity index (χ0) is 23.0. The molecule has 0 spiro atoms. The van der Waals surface area contributed by atoms with Gasteiger partial charge in [-0.05, 0) is 114 Å². The third kappa shape index (κ3) is 10.1. The molecule has 1 aliphatic rings. The molecule has 176 valence electrons. The van der Waals surface area contributed by atoms with Crippen LogP contribution in [0.2, 0.25) is 0 Å². The van der Waals surface area contributed by atoms with Crippen molar-refractivity contribution in [2.24, 2.45) is 17.8 Å². The second kappa shape index (κ2) is 15.8. The first-order valence-electron chi connectivity index (χ1n) is 12.7. The number of benzene rings is 1. The van der Waals surface area contributed by atoms with Crippen LogP contribution in [-0.4, -0.2) is 27.2 Å². The van der Waals surface area contributed by atoms with Gasteiger partial charge in [-0.1, -0.05) is 60.2 Å². The molecule has 3 unspecified atom stereocenters. The maximum atomic E-state index is 4.07. The van der Waals surface area contributed by atoms with Crippen LogP contribution < -0.4 is 10.6 Å². The Morgan fingerprint density at radius 2 is 1.62 bits per heavy atom. The Morgan fingerprint density at radius 1 is 0.969 bits per heavy atom. The second-order valence-electron chi connectivity index (χ2n) is 9.39. The van der Waals surface area contributed by atoms with Crippen LogP contribution in [-0.2, 0) is 12.8 Å². The van der Waals surface area contributed by atoms with Crippen LogP contribution in [0.5, 0.6) is 0 Å². The van der Waals surface area contributed by atoms with Crippen molar-refractivity contribution in [2.75, 3.05) is 27.2 Å². The van der Waals surface area contributed by atoms with Gasteiger partial charge >= 0.3 is 0 Å². The van der Waals surface area contributed by atoms with Crippen LogP contribution in [0.4, 0.5) is 0 Å². The fraction of sp³-hybridized carbons (Fsp3) is 0.533. The molecule has 0 aromatic heterocycles. The minimum atomic E-state index is 0.568. The number of hydrogen-bond donors (Lipinski definition) is 2. The summed E-state index contributed by atoms with van der Waals surface area (Å²) < 4.78 is 0. The summed E-state index contributed by atoms with van der Waals surface area (Å²) in [6.07, 6.45) is 22.2. The number of nitrogens with one attached hydrogen (secondary N) is 2. The Morgan fingerprint density at radius 3 is 2.28 bits per heavy atom. The molecule has 3 atom stereocenters. The number of allylic oxidation sites excluding steroid dienone is 6. The van der Waals surface area contributed by atoms with Gasteiger partial charge in [0, 0.05) is 0 Å². The van der Waals surface area contributed by atoms with Gasteiger partial charge in [0.15, 0.2) is 0 Å². The molecule has 1 aromatic rings. The van der Waals surface area contributed by atoms with Crippen molar-refractivity contribution < 1.29 is 0 Å². The van der Waals surface area contributed by atoms with E-state index in [0.717, 1.165) is 32.4 Å². The fourth-order valence-electron chi connectivity index (χ4n) is 4.72. The van der Waals surface area contributed by atoms with E-state index in [1.165, 1.54) is 55.2 Å². The molecule has 0 fully saturated rings. The van der Waals surface area contributed by atoms with Gasteiger partial charge in [0.05, 0.1) is 0 Å². The number of aryl methyl sites for hydroxylation is 1. The maximum Gasteiger partial charge on any atom is -0.00517 e. The zero-order valence-electron chi connectivity index (χ0n) is 20.6. The van der Waals surface area contributed by atoms with E-state index in [9.17, 15) is 0 Å². The molecular formula is C30H46N2. The summed E-state index contributed by atoms with van der Waals surface area (Å²) in [6.45, 7) is 10.3. The van der Waals surface area contributed by atoms with E-state index in [4.69, 9.17) is 0 Å². The summed E-state index contributed by atoms with van der Waals surface area (Å²) in [7, 11) is 4.05. The van der Waals surface area contributed by atoms with Gasteiger partial charge in [-0.2, -0.15) is 0 Å². The van der Waals surface area contributed by atoms with E-state index < -0.39 is 0 Å². The lowest BCUT2D eigenvalue weighted by atomic mass is 9.86. The van der Waals surface area contributed by atoms with Crippen molar-refractivity contribution in [1.29, 1.82) is 0 Å². The summed E-state index contributed by atoms with van der Waals surface area (Å²) in [5, 5.41) is 6.49. The van der Waals surface area contributed by atoms with Gasteiger partial charge in [-0.3, -0.25) is 0 Å². The molecule has 0 saturated carbocycles. The molecule has 0 aliphatic heterocycles. The molecule has 1 aliphatic carbocycles. The van der Waals surface area contributed by atoms with E-state index in [2.05, 4.69) is 78.4 Å². The molecule has 0 amide bonds. The van der Waals surface area contributed by atoms with Gasteiger partial charge < -0.3 is 10.6 Å². The summed E-state index contributed by atoms with van der Waals surface area (Å²) >= 11 is 0. The van der Waals surface area contributed by atoms with Crippen molar-refractivity contribution >= 4 is 0 Å². The van der Waals surface area contributed by atoms with Crippen LogP contribution in [0.15, 0.2) is 73.4 Å². The average Bonchev–Trinajstić information content (AvgIpc) is 2.82. The van der Waals surface area contributed by atoms with E-state index in [0.29, 0.717) is 17.8 Å². The van der Waals surface area contributed by atoms with E-state index in [1.807, 2.05) is 14.1 Å². The highest BCUT2D eigenvalue weighted by Gasteiger charge is 2.13. The second-order valence-corrected chi connectivity index (χ2v) is 9.39. The van der Waals surface area contributed by atoms with E-state index in [1.54, 1.807) is 0 Å². The first-order valence-corrected chi connectivity index (χ1v) is 12.7. The molecule has 1 aromatic carbocycles. The SMILES string of the molecule is C=CC(CCCNC)CC1=CC(CCc2cccc(CC(C=C)CCCNC)c2)CC=C1. The summed E-state index contributed by atoms with van der Waals surface area (Å²) in [6, 6.07) is 9.24. The Bertz CT molecular complexity index is 730. The van der Waals surface area contributed by atoms with Crippen LogP contribution in [0.25, 0.3) is 0 Å². The lowest BCUT2D eigenvalue weighted by Gasteiger charge is -2.20. The molecule has 0 heterocycles. The average molecular weight is 435 g/mol. The molecule has 2 heteroatoms. The predicted molar refractivity (Wildman–Crippen MR) is 142 cm³/mol. The van der Waals surface area contributed by atoms with Crippen LogP contribution in [0.1, 0.15) is 56.1 Å². The van der Waals surface area contributed by atoms with Crippen LogP contribution in [0.3, 0.4) is 0 Å². The molecule has 2 nitrogen and oxygen atoms in total. The van der Waals surface area contributed by atoms with Gasteiger partial charge in [0.25, 0.3) is 0 Å². The lowest BCUT2D eigenvalue weighted by Crippen LogP contribution is -2.10. The smallest absolute Gasteiger partial charge is 0.00517 e. The van der Waals surface area contributed by atoms with Crippen LogP contribution >= 0.6 is 0 Å². The first kappa shape index (κ1) is 26.4. The normalized spacial score (nSPS) is 17.6. The standard InChI is InChI=1S/C30H46N2/c1-5-25(15-9-19-31-3)21-29-13-7-11-27(23-29)17-18-28-12-8-14-30(24-28)22-26(6-2)16-10-20-32-4/h5-8,11,13-14,23-26,28,31-32H,1-2,9-10,12,15-22H2,3-4H3. The monoisotopic (exact) mass is 434 g/mol. The van der Waals surface area contributed by atoms with Crippen molar-refractivity contribution in [3.8, 4) is 0 Å². The topological polar surface area (TPSA) is 24.1 Å². The molecule has 0 bridgehead atoms. The van der Waals surface area contributed by atoms with Crippen molar-refractivity contribution in [3.63, 3.8) is 0 Å². The summed E-state index contributed by atoms with van der Waals surface area (Å²) in [5.74, 6) is 1.81. The third-order valence-corrected chi connectivity index (χ3v) is 6.68. The summed E-state index contributed by atoms with van der Waals surface area (Å²) in [4.78, 5) is 0. The van der Waals surface area contributed by atoms with E-state index in [-0.39, 0.29) is 0 Å². The summed E-state index contributed by atoms with van der Waals surface area (Å²) in [5.41, 5.74) is 4.42. The minimum absolute atomic E-state index is 0.568. The lowest BCUT2D eigenvalue weighted by molar-refractivity contribution is 0.536. The molecule has 0 saturated heterocycles. The minimum Gasteiger partial charge on any atom is -0.320 e. The molecular weight excluding hydrogens is 388 g/mol. The maximum absolute atomic E-state index is 4.07. The van der Waals surface area contributed by atoms with Gasteiger partial charge in [0.2, 0.25) is 0 Å². The Labute approximate surface area is 198 Å². The van der Waals surface area contributed by atoms with Gasteiger partial charge in [-0.15, -0.1) is 13.2 Å². The molecule has 0 radical (unpaired) electrons. The molecule has 2 N–H and O–H groups in total. The fourth-order valence-corrected chi connectivity index (χ4v) is 4.72. The Hall–Kier alpha value is -1.90. The highest BCUT2D eigenvalue weighted by atomic mass is 14.8. The number of rotatable bonds is 17. The Balaban J connectivity index is 1.86. The molecule has 2 rings (SSSR count). The van der Waals surface area contributed by atoms with Gasteiger partial charge in [0.1, 0.15) is 0 Å². The highest BCUT2D eigenvalue weighted by molar-refractivity contribution is 5.27.